The van der Waals surface area contributed by atoms with Gasteiger partial charge in [0.05, 0.1) is 23.4 Å². The topological polar surface area (TPSA) is 104 Å². The van der Waals surface area contributed by atoms with Crippen LogP contribution in [0.1, 0.15) is 10.4 Å². The summed E-state index contributed by atoms with van der Waals surface area (Å²) in [5, 5.41) is 16.4. The van der Waals surface area contributed by atoms with Gasteiger partial charge in [0, 0.05) is 35.8 Å². The molecule has 0 atom stereocenters. The summed E-state index contributed by atoms with van der Waals surface area (Å²) in [6.45, 7) is 1.25. The van der Waals surface area contributed by atoms with E-state index in [1.807, 2.05) is 47.8 Å². The van der Waals surface area contributed by atoms with Crippen LogP contribution < -0.4 is 15.8 Å². The lowest BCUT2D eigenvalue weighted by atomic mass is 10.1. The van der Waals surface area contributed by atoms with Crippen LogP contribution in [-0.4, -0.2) is 42.4 Å². The monoisotopic (exact) mass is 462 g/mol. The van der Waals surface area contributed by atoms with Gasteiger partial charge >= 0.3 is 6.09 Å². The number of carbonyl (C=O) groups is 2. The fourth-order valence-corrected chi connectivity index (χ4v) is 3.99. The lowest BCUT2D eigenvalue weighted by Crippen LogP contribution is -2.45. The van der Waals surface area contributed by atoms with Crippen molar-refractivity contribution in [1.29, 1.82) is 0 Å². The highest BCUT2D eigenvalue weighted by Gasteiger charge is 2.19. The molecule has 33 heavy (non-hydrogen) atoms. The van der Waals surface area contributed by atoms with Crippen LogP contribution >= 0.6 is 11.3 Å². The average Bonchev–Trinajstić information content (AvgIpc) is 3.37. The molecule has 4 aromatic rings. The second-order valence-electron chi connectivity index (χ2n) is 7.13. The molecule has 0 aliphatic carbocycles. The number of amides is 2. The Morgan fingerprint density at radius 1 is 1.12 bits per heavy atom. The molecule has 0 spiro atoms. The molecular weight excluding hydrogens is 440 g/mol. The van der Waals surface area contributed by atoms with Crippen LogP contribution in [0.3, 0.4) is 0 Å². The molecule has 2 heterocycles. The number of ether oxygens (including phenoxy) is 1. The van der Waals surface area contributed by atoms with Crippen molar-refractivity contribution < 1.29 is 19.4 Å². The highest BCUT2D eigenvalue weighted by atomic mass is 32.1. The predicted molar refractivity (Wildman–Crippen MR) is 130 cm³/mol. The Kier molecular flexibility index (Phi) is 6.82. The number of anilines is 2. The van der Waals surface area contributed by atoms with Crippen LogP contribution in [-0.2, 0) is 4.74 Å². The smallest absolute Gasteiger partial charge is 0.431 e. The van der Waals surface area contributed by atoms with Crippen molar-refractivity contribution in [3.63, 3.8) is 0 Å². The minimum Gasteiger partial charge on any atom is -0.463 e. The first-order chi connectivity index (χ1) is 16.0. The third kappa shape index (κ3) is 5.28. The van der Waals surface area contributed by atoms with Gasteiger partial charge in [-0.2, -0.15) is 5.01 Å². The zero-order valence-corrected chi connectivity index (χ0v) is 18.6. The maximum absolute atomic E-state index is 12.8. The van der Waals surface area contributed by atoms with Crippen LogP contribution in [0.2, 0.25) is 0 Å². The molecule has 0 aliphatic heterocycles. The lowest BCUT2D eigenvalue weighted by molar-refractivity contribution is 0.0944. The number of hydrogen-bond donors (Lipinski definition) is 3. The second-order valence-corrected chi connectivity index (χ2v) is 8.08. The van der Waals surface area contributed by atoms with Crippen LogP contribution in [0.4, 0.5) is 16.2 Å². The summed E-state index contributed by atoms with van der Waals surface area (Å²) >= 11 is 1.59. The number of thiophene rings is 1. The van der Waals surface area contributed by atoms with Gasteiger partial charge in [0.2, 0.25) is 0 Å². The van der Waals surface area contributed by atoms with E-state index >= 15 is 0 Å². The minimum atomic E-state index is -1.30. The number of pyridine rings is 1. The first-order valence-electron chi connectivity index (χ1n) is 10.2. The van der Waals surface area contributed by atoms with E-state index in [1.54, 1.807) is 36.6 Å². The molecule has 0 saturated heterocycles. The van der Waals surface area contributed by atoms with Crippen molar-refractivity contribution >= 4 is 45.6 Å². The normalized spacial score (nSPS) is 10.7. The Hall–Kier alpha value is -3.95. The summed E-state index contributed by atoms with van der Waals surface area (Å²) in [4.78, 5) is 30.0. The van der Waals surface area contributed by atoms with Crippen LogP contribution in [0.5, 0.6) is 0 Å². The molecule has 0 aliphatic rings. The Morgan fingerprint density at radius 2 is 1.94 bits per heavy atom. The molecular formula is C24H22N4O4S. The van der Waals surface area contributed by atoms with Crippen molar-refractivity contribution in [3.05, 3.63) is 77.8 Å². The summed E-state index contributed by atoms with van der Waals surface area (Å²) in [7, 11) is 1.64. The van der Waals surface area contributed by atoms with Gasteiger partial charge in [-0.3, -0.25) is 15.2 Å². The lowest BCUT2D eigenvalue weighted by Gasteiger charge is -2.20. The predicted octanol–water partition coefficient (Wildman–Crippen LogP) is 4.85. The Morgan fingerprint density at radius 3 is 2.64 bits per heavy atom. The molecule has 2 aromatic heterocycles. The van der Waals surface area contributed by atoms with E-state index in [0.29, 0.717) is 24.4 Å². The van der Waals surface area contributed by atoms with Gasteiger partial charge in [0.25, 0.3) is 5.91 Å². The average molecular weight is 463 g/mol. The van der Waals surface area contributed by atoms with Crippen LogP contribution in [0.15, 0.2) is 72.2 Å². The maximum atomic E-state index is 12.8. The molecule has 0 bridgehead atoms. The van der Waals surface area contributed by atoms with E-state index in [9.17, 15) is 14.7 Å². The van der Waals surface area contributed by atoms with Crippen molar-refractivity contribution in [2.75, 3.05) is 30.6 Å². The number of hydrogen-bond acceptors (Lipinski definition) is 6. The number of carbonyl (C=O) groups excluding carboxylic acids is 1. The Labute approximate surface area is 194 Å². The van der Waals surface area contributed by atoms with E-state index in [-0.39, 0.29) is 5.56 Å². The quantitative estimate of drug-likeness (QED) is 0.268. The Bertz CT molecular complexity index is 1260. The molecule has 4 rings (SSSR count). The van der Waals surface area contributed by atoms with E-state index in [2.05, 4.69) is 15.7 Å². The number of benzene rings is 2. The van der Waals surface area contributed by atoms with E-state index in [4.69, 9.17) is 4.74 Å². The number of fused-ring (bicyclic) bond motifs is 1. The molecule has 8 nitrogen and oxygen atoms in total. The first-order valence-corrected chi connectivity index (χ1v) is 11.0. The molecule has 2 aromatic carbocycles. The van der Waals surface area contributed by atoms with E-state index < -0.39 is 12.0 Å². The standard InChI is InChI=1S/C24H22N4O4S/c1-32-11-10-25-19-7-4-17-13-18(15-26-21(17)14-19)23(29)27-28(24(30)31)20-8-5-16(6-9-20)22-3-2-12-33-22/h2-9,12-15,25H,10-11H2,1H3,(H,27,29)(H,30,31). The number of nitrogens with one attached hydrogen (secondary N) is 2. The van der Waals surface area contributed by atoms with Gasteiger partial charge in [0.1, 0.15) is 0 Å². The van der Waals surface area contributed by atoms with Crippen LogP contribution in [0.25, 0.3) is 21.3 Å². The molecule has 2 amide bonds. The zero-order chi connectivity index (χ0) is 23.2. The van der Waals surface area contributed by atoms with Gasteiger partial charge < -0.3 is 15.2 Å². The number of rotatable bonds is 7. The molecule has 0 fully saturated rings. The summed E-state index contributed by atoms with van der Waals surface area (Å²) < 4.78 is 5.03. The highest BCUT2D eigenvalue weighted by molar-refractivity contribution is 7.13. The summed E-state index contributed by atoms with van der Waals surface area (Å²) in [5.74, 6) is -0.573. The largest absolute Gasteiger partial charge is 0.463 e. The first kappa shape index (κ1) is 22.3. The highest BCUT2D eigenvalue weighted by Crippen LogP contribution is 2.27. The summed E-state index contributed by atoms with van der Waals surface area (Å²) in [6, 6.07) is 18.2. The number of nitrogens with zero attached hydrogens (tertiary/aromatic N) is 2. The SMILES string of the molecule is COCCNc1ccc2cc(C(=O)NN(C(=O)O)c3ccc(-c4cccs4)cc3)cnc2c1. The second kappa shape index (κ2) is 10.1. The number of hydrazine groups is 1. The van der Waals surface area contributed by atoms with Gasteiger partial charge in [-0.05, 0) is 47.3 Å². The number of methoxy groups -OCH3 is 1. The third-order valence-corrected chi connectivity index (χ3v) is 5.84. The number of aromatic nitrogens is 1. The van der Waals surface area contributed by atoms with Crippen LogP contribution in [0, 0.1) is 0 Å². The fourth-order valence-electron chi connectivity index (χ4n) is 3.26. The fraction of sp³-hybridized carbons (Fsp3) is 0.125. The van der Waals surface area contributed by atoms with E-state index in [1.165, 1.54) is 6.20 Å². The molecule has 9 heteroatoms. The Balaban J connectivity index is 1.50. The molecule has 168 valence electrons. The van der Waals surface area contributed by atoms with Crippen molar-refractivity contribution in [3.8, 4) is 10.4 Å². The molecule has 0 saturated carbocycles. The summed E-state index contributed by atoms with van der Waals surface area (Å²) in [6.07, 6.45) is 0.129. The van der Waals surface area contributed by atoms with Crippen molar-refractivity contribution in [2.45, 2.75) is 0 Å². The van der Waals surface area contributed by atoms with Crippen molar-refractivity contribution in [1.82, 2.24) is 10.4 Å². The third-order valence-electron chi connectivity index (χ3n) is 4.92. The molecule has 0 unspecified atom stereocenters. The van der Waals surface area contributed by atoms with Gasteiger partial charge in [-0.1, -0.05) is 24.3 Å². The van der Waals surface area contributed by atoms with Gasteiger partial charge in [-0.25, -0.2) is 4.79 Å². The van der Waals surface area contributed by atoms with E-state index in [0.717, 1.165) is 26.5 Å². The van der Waals surface area contributed by atoms with Crippen molar-refractivity contribution in [2.24, 2.45) is 0 Å². The minimum absolute atomic E-state index is 0.254. The zero-order valence-electron chi connectivity index (χ0n) is 17.8. The molecule has 3 N–H and O–H groups in total. The summed E-state index contributed by atoms with van der Waals surface area (Å²) in [5.41, 5.74) is 5.61. The molecule has 0 radical (unpaired) electrons. The van der Waals surface area contributed by atoms with Gasteiger partial charge in [-0.15, -0.1) is 11.3 Å². The maximum Gasteiger partial charge on any atom is 0.431 e. The van der Waals surface area contributed by atoms with Gasteiger partial charge in [0.15, 0.2) is 0 Å². The number of carboxylic acid groups (broad SMARTS) is 1.